The molecule has 0 N–H and O–H groups in total. The van der Waals surface area contributed by atoms with Crippen molar-refractivity contribution in [3.63, 3.8) is 0 Å². The molecule has 1 nitrogen and oxygen atoms in total. The van der Waals surface area contributed by atoms with E-state index < -0.39 is 0 Å². The van der Waals surface area contributed by atoms with Crippen LogP contribution in [0.2, 0.25) is 0 Å². The summed E-state index contributed by atoms with van der Waals surface area (Å²) < 4.78 is 0. The largest absolute Gasteiger partial charge is 2.00 e. The zero-order valence-corrected chi connectivity index (χ0v) is 15.7. The minimum absolute atomic E-state index is 0. The molecule has 0 amide bonds. The first-order valence-electron chi connectivity index (χ1n) is 5.86. The van der Waals surface area contributed by atoms with Crippen LogP contribution in [0.25, 0.3) is 0 Å². The van der Waals surface area contributed by atoms with Crippen molar-refractivity contribution in [2.45, 2.75) is 59.3 Å². The topological polar surface area (TPSA) is 23.1 Å². The van der Waals surface area contributed by atoms with E-state index in [0.717, 1.165) is 11.1 Å². The second-order valence-electron chi connectivity index (χ2n) is 6.69. The average Bonchev–Trinajstić information content (AvgIpc) is 2.04. The fourth-order valence-electron chi connectivity index (χ4n) is 1.89. The molecule has 1 aromatic carbocycles. The third-order valence-corrected chi connectivity index (χ3v) is 2.85. The molecule has 1 aromatic rings. The van der Waals surface area contributed by atoms with Gasteiger partial charge >= 0.3 is 26.2 Å². The smallest absolute Gasteiger partial charge is 1.00 e. The predicted octanol–water partition coefficient (Wildman–Crippen LogP) is 0.665. The quantitative estimate of drug-likeness (QED) is 0.677. The van der Waals surface area contributed by atoms with Crippen LogP contribution in [0.3, 0.4) is 0 Å². The van der Waals surface area contributed by atoms with Crippen LogP contribution < -0.4 is 17.5 Å². The van der Waals surface area contributed by atoms with Crippen molar-refractivity contribution >= 4 is 0 Å². The van der Waals surface area contributed by atoms with Gasteiger partial charge in [-0.15, -0.1) is 5.75 Å². The maximum Gasteiger partial charge on any atom is 2.00 e. The summed E-state index contributed by atoms with van der Waals surface area (Å²) in [6.07, 6.45) is 0. The molecule has 100 valence electrons. The maximum absolute atomic E-state index is 12.4. The van der Waals surface area contributed by atoms with Gasteiger partial charge < -0.3 is 17.5 Å². The van der Waals surface area contributed by atoms with E-state index in [2.05, 4.69) is 48.5 Å². The maximum atomic E-state index is 12.4. The molecule has 0 aromatic heterocycles. The molecule has 0 spiro atoms. The number of aryl methyl sites for hydroxylation is 1. The summed E-state index contributed by atoms with van der Waals surface area (Å²) in [5, 5.41) is 12.4. The van der Waals surface area contributed by atoms with Gasteiger partial charge in [0.15, 0.2) is 0 Å². The molecule has 0 aliphatic heterocycles. The summed E-state index contributed by atoms with van der Waals surface area (Å²) in [5.41, 5.74) is 2.87. The second kappa shape index (κ2) is 6.57. The van der Waals surface area contributed by atoms with Gasteiger partial charge in [0.2, 0.25) is 0 Å². The average molecular weight is 346 g/mol. The van der Waals surface area contributed by atoms with Crippen molar-refractivity contribution in [3.05, 3.63) is 28.8 Å². The molecular weight excluding hydrogens is 323 g/mol. The van der Waals surface area contributed by atoms with Crippen LogP contribution in [0.1, 0.15) is 58.2 Å². The van der Waals surface area contributed by atoms with E-state index in [1.807, 2.05) is 12.1 Å². The fraction of sp³-hybridized carbons (Fsp3) is 0.600. The Balaban J connectivity index is 0. The molecule has 0 fully saturated rings. The number of benzene rings is 1. The van der Waals surface area contributed by atoms with Crippen LogP contribution >= 0.6 is 0 Å². The Labute approximate surface area is 137 Å². The van der Waals surface area contributed by atoms with Gasteiger partial charge in [-0.05, 0) is 28.9 Å². The van der Waals surface area contributed by atoms with Crippen molar-refractivity contribution < 1.29 is 43.7 Å². The SMILES string of the molecule is Cc1cc(C(C)(C)C)c([O-])c(C(C)(C)C)c1.[Cl-].[Zr+2]. The molecule has 0 unspecified atom stereocenters. The molecule has 1 rings (SSSR count). The molecule has 0 heterocycles. The molecule has 0 bridgehead atoms. The molecule has 0 saturated heterocycles. The number of hydrogen-bond acceptors (Lipinski definition) is 1. The Kier molecular flexibility index (Phi) is 7.49. The Hall–Kier alpha value is 0.193. The molecule has 0 saturated carbocycles. The minimum Gasteiger partial charge on any atom is -1.00 e. The van der Waals surface area contributed by atoms with Crippen LogP contribution in [0, 0.1) is 6.92 Å². The first-order valence-corrected chi connectivity index (χ1v) is 5.86. The Morgan fingerprint density at radius 3 is 1.33 bits per heavy atom. The first-order chi connectivity index (χ1) is 7.03. The molecule has 18 heavy (non-hydrogen) atoms. The van der Waals surface area contributed by atoms with E-state index in [4.69, 9.17) is 0 Å². The third kappa shape index (κ3) is 4.70. The van der Waals surface area contributed by atoms with E-state index in [9.17, 15) is 5.11 Å². The Bertz CT molecular complexity index is 365. The summed E-state index contributed by atoms with van der Waals surface area (Å²) in [6.45, 7) is 14.6. The Morgan fingerprint density at radius 2 is 1.11 bits per heavy atom. The van der Waals surface area contributed by atoms with Crippen LogP contribution in [0.5, 0.6) is 5.75 Å². The van der Waals surface area contributed by atoms with Crippen molar-refractivity contribution in [2.24, 2.45) is 0 Å². The van der Waals surface area contributed by atoms with Crippen molar-refractivity contribution in [1.82, 2.24) is 0 Å². The third-order valence-electron chi connectivity index (χ3n) is 2.85. The number of hydrogen-bond donors (Lipinski definition) is 0. The van der Waals surface area contributed by atoms with E-state index in [1.54, 1.807) is 0 Å². The van der Waals surface area contributed by atoms with Crippen LogP contribution in [-0.2, 0) is 37.0 Å². The van der Waals surface area contributed by atoms with Gasteiger partial charge in [0, 0.05) is 0 Å². The van der Waals surface area contributed by atoms with Gasteiger partial charge in [-0.3, -0.25) is 0 Å². The Morgan fingerprint density at radius 1 is 0.833 bits per heavy atom. The number of rotatable bonds is 0. The molecule has 3 heteroatoms. The van der Waals surface area contributed by atoms with Gasteiger partial charge in [-0.2, -0.15) is 0 Å². The number of halogens is 1. The normalized spacial score (nSPS) is 11.5. The molecule has 0 atom stereocenters. The van der Waals surface area contributed by atoms with E-state index in [0.29, 0.717) is 0 Å². The van der Waals surface area contributed by atoms with E-state index in [1.165, 1.54) is 5.56 Å². The summed E-state index contributed by atoms with van der Waals surface area (Å²) in [6, 6.07) is 4.05. The van der Waals surface area contributed by atoms with Gasteiger partial charge in [-0.1, -0.05) is 59.2 Å². The summed E-state index contributed by atoms with van der Waals surface area (Å²) in [4.78, 5) is 0. The van der Waals surface area contributed by atoms with E-state index in [-0.39, 0.29) is 55.2 Å². The first kappa shape index (κ1) is 20.5. The second-order valence-corrected chi connectivity index (χ2v) is 6.69. The summed E-state index contributed by atoms with van der Waals surface area (Å²) in [7, 11) is 0. The monoisotopic (exact) mass is 344 g/mol. The van der Waals surface area contributed by atoms with Gasteiger partial charge in [-0.25, -0.2) is 0 Å². The summed E-state index contributed by atoms with van der Waals surface area (Å²) in [5.74, 6) is 0.214. The van der Waals surface area contributed by atoms with E-state index >= 15 is 0 Å². The van der Waals surface area contributed by atoms with Crippen LogP contribution in [0.15, 0.2) is 12.1 Å². The van der Waals surface area contributed by atoms with Crippen molar-refractivity contribution in [2.75, 3.05) is 0 Å². The van der Waals surface area contributed by atoms with Crippen molar-refractivity contribution in [3.8, 4) is 5.75 Å². The van der Waals surface area contributed by atoms with Crippen LogP contribution in [-0.4, -0.2) is 0 Å². The molecule has 0 aliphatic rings. The zero-order chi connectivity index (χ0) is 12.7. The van der Waals surface area contributed by atoms with Crippen LogP contribution in [0.4, 0.5) is 0 Å². The minimum atomic E-state index is -0.0803. The standard InChI is InChI=1S/C15H24O.ClH.Zr/c1-10-8-11(14(2,3)4)13(16)12(9-10)15(5,6)7;;/h8-9,16H,1-7H3;1H;/q;;+2/p-2. The van der Waals surface area contributed by atoms with Gasteiger partial charge in [0.25, 0.3) is 0 Å². The van der Waals surface area contributed by atoms with Gasteiger partial charge in [0.05, 0.1) is 0 Å². The zero-order valence-electron chi connectivity index (χ0n) is 12.4. The molecule has 0 aliphatic carbocycles. The molecular formula is C15H23ClOZr. The molecule has 0 radical (unpaired) electrons. The van der Waals surface area contributed by atoms with Crippen molar-refractivity contribution in [1.29, 1.82) is 0 Å². The predicted molar refractivity (Wildman–Crippen MR) is 68.0 cm³/mol. The van der Waals surface area contributed by atoms with Gasteiger partial charge in [0.1, 0.15) is 0 Å². The fourth-order valence-corrected chi connectivity index (χ4v) is 1.89. The summed E-state index contributed by atoms with van der Waals surface area (Å²) >= 11 is 0.